The number of fused-ring (bicyclic) bond motifs is 1. The number of carbonyl (C=O) groups is 3. The van der Waals surface area contributed by atoms with E-state index in [1.54, 1.807) is 41.6 Å². The first-order valence-electron chi connectivity index (χ1n) is 10.2. The molecule has 3 amide bonds. The van der Waals surface area contributed by atoms with E-state index in [-0.39, 0.29) is 17.7 Å². The minimum Gasteiger partial charge on any atom is -0.360 e. The molecule has 8 nitrogen and oxygen atoms in total. The van der Waals surface area contributed by atoms with Crippen LogP contribution in [-0.2, 0) is 25.7 Å². The largest absolute Gasteiger partial charge is 0.360 e. The first-order chi connectivity index (χ1) is 15.0. The first-order valence-corrected chi connectivity index (χ1v) is 10.2. The number of hydrogen-bond donors (Lipinski definition) is 2. The van der Waals surface area contributed by atoms with Crippen molar-refractivity contribution in [1.82, 2.24) is 10.3 Å². The maximum Gasteiger partial charge on any atom is 0.234 e. The number of benzene rings is 1. The Morgan fingerprint density at radius 3 is 2.77 bits per heavy atom. The summed E-state index contributed by atoms with van der Waals surface area (Å²) in [5, 5.41) is 5.64. The molecule has 1 aromatic carbocycles. The lowest BCUT2D eigenvalue weighted by molar-refractivity contribution is -0.132. The number of anilines is 2. The van der Waals surface area contributed by atoms with Crippen LogP contribution in [0.5, 0.6) is 0 Å². The number of hydrogen-bond acceptors (Lipinski definition) is 5. The summed E-state index contributed by atoms with van der Waals surface area (Å²) in [6, 6.07) is 10.8. The SMILES string of the molecule is CC(=O)Nc1ccc(N2C[C@@]34C=C[C@H](O3)[C@@H](C(=O)NCc3cccnc3)[C@@H]4C2=O)cc1. The number of ether oxygens (including phenoxy) is 1. The number of carbonyl (C=O) groups excluding carboxylic acids is 3. The lowest BCUT2D eigenvalue weighted by Crippen LogP contribution is -2.44. The maximum atomic E-state index is 13.4. The van der Waals surface area contributed by atoms with Crippen molar-refractivity contribution in [2.75, 3.05) is 16.8 Å². The van der Waals surface area contributed by atoms with E-state index in [0.717, 1.165) is 5.56 Å². The van der Waals surface area contributed by atoms with E-state index in [1.807, 2.05) is 24.3 Å². The molecule has 1 aromatic heterocycles. The Labute approximate surface area is 179 Å². The summed E-state index contributed by atoms with van der Waals surface area (Å²) < 4.78 is 6.16. The number of nitrogens with one attached hydrogen (secondary N) is 2. The lowest BCUT2D eigenvalue weighted by Gasteiger charge is -2.23. The Balaban J connectivity index is 1.34. The van der Waals surface area contributed by atoms with Gasteiger partial charge in [-0.1, -0.05) is 18.2 Å². The molecule has 0 unspecified atom stereocenters. The van der Waals surface area contributed by atoms with Crippen LogP contribution in [0, 0.1) is 11.8 Å². The Kier molecular flexibility index (Phi) is 4.59. The number of aromatic nitrogens is 1. The second-order valence-corrected chi connectivity index (χ2v) is 8.13. The monoisotopic (exact) mass is 418 g/mol. The van der Waals surface area contributed by atoms with E-state index in [1.165, 1.54) is 6.92 Å². The highest BCUT2D eigenvalue weighted by Crippen LogP contribution is 2.52. The van der Waals surface area contributed by atoms with Crippen LogP contribution in [0.1, 0.15) is 12.5 Å². The van der Waals surface area contributed by atoms with Gasteiger partial charge >= 0.3 is 0 Å². The molecule has 31 heavy (non-hydrogen) atoms. The van der Waals surface area contributed by atoms with E-state index < -0.39 is 23.5 Å². The topological polar surface area (TPSA) is 101 Å². The average Bonchev–Trinajstić information content (AvgIpc) is 3.41. The molecule has 2 aromatic rings. The fraction of sp³-hybridized carbons (Fsp3) is 0.304. The van der Waals surface area contributed by atoms with E-state index in [0.29, 0.717) is 24.5 Å². The van der Waals surface area contributed by atoms with Crippen LogP contribution in [0.15, 0.2) is 60.9 Å². The molecule has 0 saturated carbocycles. The summed E-state index contributed by atoms with van der Waals surface area (Å²) in [5.41, 5.74) is 1.47. The predicted molar refractivity (Wildman–Crippen MR) is 113 cm³/mol. The third-order valence-electron chi connectivity index (χ3n) is 6.09. The van der Waals surface area contributed by atoms with Gasteiger partial charge in [-0.3, -0.25) is 19.4 Å². The smallest absolute Gasteiger partial charge is 0.234 e. The van der Waals surface area contributed by atoms with Gasteiger partial charge in [-0.25, -0.2) is 0 Å². The van der Waals surface area contributed by atoms with Gasteiger partial charge in [0.05, 0.1) is 24.5 Å². The molecule has 158 valence electrons. The first kappa shape index (κ1) is 19.4. The number of amides is 3. The Bertz CT molecular complexity index is 1070. The minimum atomic E-state index is -0.783. The van der Waals surface area contributed by atoms with Gasteiger partial charge in [0.25, 0.3) is 0 Å². The van der Waals surface area contributed by atoms with Gasteiger partial charge < -0.3 is 20.3 Å². The Morgan fingerprint density at radius 2 is 2.06 bits per heavy atom. The van der Waals surface area contributed by atoms with Crippen molar-refractivity contribution in [3.63, 3.8) is 0 Å². The molecule has 0 aliphatic carbocycles. The van der Waals surface area contributed by atoms with Crippen molar-refractivity contribution in [3.05, 3.63) is 66.5 Å². The zero-order valence-corrected chi connectivity index (χ0v) is 16.9. The molecule has 4 atom stereocenters. The molecule has 4 heterocycles. The quantitative estimate of drug-likeness (QED) is 0.719. The van der Waals surface area contributed by atoms with Crippen LogP contribution in [0.25, 0.3) is 0 Å². The van der Waals surface area contributed by atoms with E-state index in [4.69, 9.17) is 4.74 Å². The minimum absolute atomic E-state index is 0.124. The van der Waals surface area contributed by atoms with Gasteiger partial charge in [-0.15, -0.1) is 0 Å². The van der Waals surface area contributed by atoms with Crippen LogP contribution in [0.3, 0.4) is 0 Å². The van der Waals surface area contributed by atoms with Gasteiger partial charge in [0, 0.05) is 37.2 Å². The van der Waals surface area contributed by atoms with Crippen LogP contribution < -0.4 is 15.5 Å². The van der Waals surface area contributed by atoms with E-state index in [9.17, 15) is 14.4 Å². The van der Waals surface area contributed by atoms with Gasteiger partial charge in [-0.2, -0.15) is 0 Å². The number of pyridine rings is 1. The molecule has 2 N–H and O–H groups in total. The molecule has 1 spiro atoms. The zero-order valence-electron chi connectivity index (χ0n) is 16.9. The molecule has 8 heteroatoms. The van der Waals surface area contributed by atoms with Crippen molar-refractivity contribution in [1.29, 1.82) is 0 Å². The van der Waals surface area contributed by atoms with E-state index >= 15 is 0 Å². The molecule has 5 rings (SSSR count). The Morgan fingerprint density at radius 1 is 1.26 bits per heavy atom. The van der Waals surface area contributed by atoms with Crippen LogP contribution in [0.2, 0.25) is 0 Å². The third-order valence-corrected chi connectivity index (χ3v) is 6.09. The standard InChI is InChI=1S/C23H22N4O4/c1-14(28)26-16-4-6-17(7-5-16)27-13-23-9-8-18(31-23)19(20(23)22(27)30)21(29)25-12-15-3-2-10-24-11-15/h2-11,18-20H,12-13H2,1H3,(H,25,29)(H,26,28)/t18-,19+,20+,23+/m0/s1. The highest BCUT2D eigenvalue weighted by molar-refractivity contribution is 6.03. The fourth-order valence-corrected chi connectivity index (χ4v) is 4.75. The molecule has 0 radical (unpaired) electrons. The molecular formula is C23H22N4O4. The molecule has 3 aliphatic rings. The van der Waals surface area contributed by atoms with Gasteiger partial charge in [0.15, 0.2) is 0 Å². The van der Waals surface area contributed by atoms with Crippen molar-refractivity contribution in [2.24, 2.45) is 11.8 Å². The van der Waals surface area contributed by atoms with Crippen molar-refractivity contribution in [3.8, 4) is 0 Å². The van der Waals surface area contributed by atoms with Gasteiger partial charge in [0.1, 0.15) is 5.60 Å². The summed E-state index contributed by atoms with van der Waals surface area (Å²) >= 11 is 0. The normalized spacial score (nSPS) is 28.0. The summed E-state index contributed by atoms with van der Waals surface area (Å²) in [6.45, 7) is 2.15. The molecule has 2 bridgehead atoms. The Hall–Kier alpha value is -3.52. The summed E-state index contributed by atoms with van der Waals surface area (Å²) in [7, 11) is 0. The summed E-state index contributed by atoms with van der Waals surface area (Å²) in [6.07, 6.45) is 6.80. The average molecular weight is 418 g/mol. The molecule has 2 fully saturated rings. The second-order valence-electron chi connectivity index (χ2n) is 8.13. The fourth-order valence-electron chi connectivity index (χ4n) is 4.75. The highest BCUT2D eigenvalue weighted by Gasteiger charge is 2.67. The summed E-state index contributed by atoms with van der Waals surface area (Å²) in [5.74, 6) is -1.61. The molecule has 3 aliphatic heterocycles. The maximum absolute atomic E-state index is 13.4. The van der Waals surface area contributed by atoms with Crippen molar-refractivity contribution >= 4 is 29.1 Å². The number of nitrogens with zero attached hydrogens (tertiary/aromatic N) is 2. The van der Waals surface area contributed by atoms with Crippen molar-refractivity contribution in [2.45, 2.75) is 25.2 Å². The van der Waals surface area contributed by atoms with Crippen LogP contribution in [0.4, 0.5) is 11.4 Å². The highest BCUT2D eigenvalue weighted by atomic mass is 16.5. The zero-order chi connectivity index (χ0) is 21.6. The number of rotatable bonds is 5. The predicted octanol–water partition coefficient (Wildman–Crippen LogP) is 1.64. The van der Waals surface area contributed by atoms with Crippen LogP contribution >= 0.6 is 0 Å². The van der Waals surface area contributed by atoms with Gasteiger partial charge in [-0.05, 0) is 35.9 Å². The third kappa shape index (κ3) is 3.29. The molecular weight excluding hydrogens is 396 g/mol. The molecule has 2 saturated heterocycles. The van der Waals surface area contributed by atoms with E-state index in [2.05, 4.69) is 15.6 Å². The lowest BCUT2D eigenvalue weighted by atomic mass is 9.77. The summed E-state index contributed by atoms with van der Waals surface area (Å²) in [4.78, 5) is 43.3. The van der Waals surface area contributed by atoms with Gasteiger partial charge in [0.2, 0.25) is 17.7 Å². The van der Waals surface area contributed by atoms with Crippen LogP contribution in [-0.4, -0.2) is 41.0 Å². The second kappa shape index (κ2) is 7.31. The van der Waals surface area contributed by atoms with Crippen molar-refractivity contribution < 1.29 is 19.1 Å².